The summed E-state index contributed by atoms with van der Waals surface area (Å²) in [6, 6.07) is 12.3. The molecule has 1 amide bonds. The van der Waals surface area contributed by atoms with Crippen molar-refractivity contribution in [2.75, 3.05) is 0 Å². The highest BCUT2D eigenvalue weighted by atomic mass is 19.1. The van der Waals surface area contributed by atoms with Gasteiger partial charge in [0, 0.05) is 18.9 Å². The van der Waals surface area contributed by atoms with E-state index in [1.54, 1.807) is 0 Å². The van der Waals surface area contributed by atoms with Crippen molar-refractivity contribution in [2.45, 2.75) is 19.4 Å². The topological polar surface area (TPSA) is 32.7 Å². The van der Waals surface area contributed by atoms with Gasteiger partial charge in [-0.25, -0.2) is 13.8 Å². The van der Waals surface area contributed by atoms with Gasteiger partial charge in [-0.1, -0.05) is 30.3 Å². The third-order valence-corrected chi connectivity index (χ3v) is 3.66. The lowest BCUT2D eigenvalue weighted by Crippen LogP contribution is -2.24. The molecular weight excluding hydrogens is 286 g/mol. The van der Waals surface area contributed by atoms with Crippen LogP contribution < -0.4 is 0 Å². The van der Waals surface area contributed by atoms with Gasteiger partial charge in [0.2, 0.25) is 5.91 Å². The van der Waals surface area contributed by atoms with Crippen LogP contribution in [0.2, 0.25) is 0 Å². The second-order valence-corrected chi connectivity index (χ2v) is 5.17. The van der Waals surface area contributed by atoms with Gasteiger partial charge in [0.25, 0.3) is 0 Å². The quantitative estimate of drug-likeness (QED) is 0.833. The van der Waals surface area contributed by atoms with E-state index >= 15 is 0 Å². The number of carbonyl (C=O) groups excluding carboxylic acids is 1. The Hall–Kier alpha value is -2.56. The van der Waals surface area contributed by atoms with E-state index in [4.69, 9.17) is 0 Å². The molecule has 112 valence electrons. The van der Waals surface area contributed by atoms with E-state index in [9.17, 15) is 13.6 Å². The van der Waals surface area contributed by atoms with Crippen LogP contribution in [-0.2, 0) is 4.79 Å². The van der Waals surface area contributed by atoms with Crippen LogP contribution in [0.25, 0.3) is 0 Å². The lowest BCUT2D eigenvalue weighted by molar-refractivity contribution is -0.130. The van der Waals surface area contributed by atoms with Crippen LogP contribution in [0.3, 0.4) is 0 Å². The Balaban J connectivity index is 2.00. The lowest BCUT2D eigenvalue weighted by atomic mass is 9.98. The zero-order valence-electron chi connectivity index (χ0n) is 12.0. The average Bonchev–Trinajstić information content (AvgIpc) is 2.96. The first-order chi connectivity index (χ1) is 10.6. The molecule has 1 aliphatic rings. The minimum atomic E-state index is -0.544. The molecule has 3 nitrogen and oxygen atoms in total. The number of rotatable bonds is 2. The molecule has 2 aromatic carbocycles. The van der Waals surface area contributed by atoms with Gasteiger partial charge < -0.3 is 0 Å². The zero-order chi connectivity index (χ0) is 15.7. The van der Waals surface area contributed by atoms with Crippen molar-refractivity contribution in [1.29, 1.82) is 0 Å². The molecule has 0 fully saturated rings. The average molecular weight is 300 g/mol. The molecule has 0 unspecified atom stereocenters. The molecule has 0 aliphatic carbocycles. The maximum absolute atomic E-state index is 13.9. The van der Waals surface area contributed by atoms with Crippen molar-refractivity contribution in [3.8, 4) is 0 Å². The Labute approximate surface area is 126 Å². The molecule has 22 heavy (non-hydrogen) atoms. The van der Waals surface area contributed by atoms with Gasteiger partial charge in [0.15, 0.2) is 0 Å². The van der Waals surface area contributed by atoms with Crippen molar-refractivity contribution in [3.05, 3.63) is 71.3 Å². The van der Waals surface area contributed by atoms with Crippen LogP contribution in [-0.4, -0.2) is 16.6 Å². The Kier molecular flexibility index (Phi) is 3.71. The van der Waals surface area contributed by atoms with Gasteiger partial charge in [-0.2, -0.15) is 5.10 Å². The Bertz CT molecular complexity index is 744. The molecule has 1 atom stereocenters. The Morgan fingerprint density at radius 1 is 1.18 bits per heavy atom. The van der Waals surface area contributed by atoms with Crippen LogP contribution in [0, 0.1) is 11.6 Å². The summed E-state index contributed by atoms with van der Waals surface area (Å²) in [7, 11) is 0. The summed E-state index contributed by atoms with van der Waals surface area (Å²) >= 11 is 0. The molecule has 0 saturated carbocycles. The standard InChI is InChI=1S/C17H14F2N2O/c1-11(22)21-17(12-5-3-2-4-6-12)10-16(20-21)14-9-13(18)7-8-15(14)19/h2-9,17H,10H2,1H3/t17-/m1/s1. The van der Waals surface area contributed by atoms with Gasteiger partial charge >= 0.3 is 0 Å². The van der Waals surface area contributed by atoms with E-state index in [0.29, 0.717) is 12.1 Å². The molecule has 0 saturated heterocycles. The SMILES string of the molecule is CC(=O)N1N=C(c2cc(F)ccc2F)C[C@@H]1c1ccccc1. The normalized spacial score (nSPS) is 17.5. The fourth-order valence-corrected chi connectivity index (χ4v) is 2.62. The molecule has 1 aliphatic heterocycles. The molecule has 0 spiro atoms. The molecule has 1 heterocycles. The fraction of sp³-hybridized carbons (Fsp3) is 0.176. The highest BCUT2D eigenvalue weighted by Crippen LogP contribution is 2.33. The van der Waals surface area contributed by atoms with Crippen LogP contribution >= 0.6 is 0 Å². The van der Waals surface area contributed by atoms with Crippen molar-refractivity contribution in [1.82, 2.24) is 5.01 Å². The second-order valence-electron chi connectivity index (χ2n) is 5.17. The highest BCUT2D eigenvalue weighted by Gasteiger charge is 2.32. The number of benzene rings is 2. The monoisotopic (exact) mass is 300 g/mol. The lowest BCUT2D eigenvalue weighted by Gasteiger charge is -2.20. The largest absolute Gasteiger partial charge is 0.273 e. The summed E-state index contributed by atoms with van der Waals surface area (Å²) in [4.78, 5) is 11.8. The molecule has 5 heteroatoms. The second kappa shape index (κ2) is 5.67. The molecule has 0 bridgehead atoms. The first-order valence-corrected chi connectivity index (χ1v) is 6.94. The molecule has 0 N–H and O–H groups in total. The summed E-state index contributed by atoms with van der Waals surface area (Å²) in [5.74, 6) is -1.31. The van der Waals surface area contributed by atoms with Crippen LogP contribution in [0.4, 0.5) is 8.78 Å². The van der Waals surface area contributed by atoms with Crippen molar-refractivity contribution in [2.24, 2.45) is 5.10 Å². The van der Waals surface area contributed by atoms with E-state index in [-0.39, 0.29) is 17.5 Å². The number of hydrogen-bond acceptors (Lipinski definition) is 2. The Morgan fingerprint density at radius 3 is 2.59 bits per heavy atom. The van der Waals surface area contributed by atoms with Crippen molar-refractivity contribution in [3.63, 3.8) is 0 Å². The van der Waals surface area contributed by atoms with Crippen LogP contribution in [0.1, 0.15) is 30.5 Å². The van der Waals surface area contributed by atoms with Crippen molar-refractivity contribution >= 4 is 11.6 Å². The highest BCUT2D eigenvalue weighted by molar-refractivity contribution is 6.03. The smallest absolute Gasteiger partial charge is 0.240 e. The minimum Gasteiger partial charge on any atom is -0.273 e. The summed E-state index contributed by atoms with van der Waals surface area (Å²) in [6.07, 6.45) is 0.351. The summed E-state index contributed by atoms with van der Waals surface area (Å²) < 4.78 is 27.3. The maximum atomic E-state index is 13.9. The van der Waals surface area contributed by atoms with E-state index in [0.717, 1.165) is 23.8 Å². The molecule has 0 radical (unpaired) electrons. The molecule has 3 rings (SSSR count). The number of hydrazone groups is 1. The molecular formula is C17H14F2N2O. The third kappa shape index (κ3) is 2.62. The van der Waals surface area contributed by atoms with Gasteiger partial charge in [-0.15, -0.1) is 0 Å². The van der Waals surface area contributed by atoms with E-state index in [1.807, 2.05) is 30.3 Å². The number of hydrogen-bond donors (Lipinski definition) is 0. The minimum absolute atomic E-state index is 0.102. The van der Waals surface area contributed by atoms with Crippen LogP contribution in [0.15, 0.2) is 53.6 Å². The molecule has 0 aromatic heterocycles. The van der Waals surface area contributed by atoms with E-state index in [2.05, 4.69) is 5.10 Å². The summed E-state index contributed by atoms with van der Waals surface area (Å²) in [5, 5.41) is 5.54. The first kappa shape index (κ1) is 14.4. The zero-order valence-corrected chi connectivity index (χ0v) is 12.0. The predicted molar refractivity (Wildman–Crippen MR) is 79.2 cm³/mol. The fourth-order valence-electron chi connectivity index (χ4n) is 2.62. The number of halogens is 2. The predicted octanol–water partition coefficient (Wildman–Crippen LogP) is 3.66. The van der Waals surface area contributed by atoms with Crippen LogP contribution in [0.5, 0.6) is 0 Å². The Morgan fingerprint density at radius 2 is 1.91 bits per heavy atom. The summed E-state index contributed by atoms with van der Waals surface area (Å²) in [5.41, 5.74) is 1.39. The number of carbonyl (C=O) groups is 1. The van der Waals surface area contributed by atoms with E-state index in [1.165, 1.54) is 11.9 Å². The number of amides is 1. The van der Waals surface area contributed by atoms with E-state index < -0.39 is 11.6 Å². The van der Waals surface area contributed by atoms with Gasteiger partial charge in [0.1, 0.15) is 11.6 Å². The first-order valence-electron chi connectivity index (χ1n) is 6.94. The van der Waals surface area contributed by atoms with Gasteiger partial charge in [0.05, 0.1) is 11.8 Å². The third-order valence-electron chi connectivity index (χ3n) is 3.66. The van der Waals surface area contributed by atoms with Gasteiger partial charge in [-0.05, 0) is 23.8 Å². The summed E-state index contributed by atoms with van der Waals surface area (Å²) in [6.45, 7) is 1.41. The molecule has 2 aromatic rings. The number of nitrogens with zero attached hydrogens (tertiary/aromatic N) is 2. The van der Waals surface area contributed by atoms with Gasteiger partial charge in [-0.3, -0.25) is 4.79 Å². The van der Waals surface area contributed by atoms with Crippen molar-refractivity contribution < 1.29 is 13.6 Å². The maximum Gasteiger partial charge on any atom is 0.240 e.